The Labute approximate surface area is 132 Å². The van der Waals surface area contributed by atoms with Crippen LogP contribution in [0.15, 0.2) is 46.9 Å². The first kappa shape index (κ1) is 15.4. The van der Waals surface area contributed by atoms with Gasteiger partial charge in [0.15, 0.2) is 0 Å². The normalized spacial score (nSPS) is 10.4. The van der Waals surface area contributed by atoms with E-state index in [1.807, 2.05) is 31.2 Å². The van der Waals surface area contributed by atoms with E-state index in [2.05, 4.69) is 15.9 Å². The molecular weight excluding hydrogens is 332 g/mol. The molecule has 0 heterocycles. The predicted molar refractivity (Wildman–Crippen MR) is 87.1 cm³/mol. The molecule has 1 amide bonds. The van der Waals surface area contributed by atoms with E-state index in [1.165, 1.54) is 6.07 Å². The number of aromatic hydroxyl groups is 1. The molecular formula is C16H17BrN2O2. The van der Waals surface area contributed by atoms with Crippen LogP contribution in [0.2, 0.25) is 0 Å². The molecule has 0 saturated heterocycles. The minimum atomic E-state index is -0.217. The Morgan fingerprint density at radius 3 is 2.62 bits per heavy atom. The van der Waals surface area contributed by atoms with Crippen LogP contribution in [0, 0.1) is 0 Å². The number of amides is 1. The van der Waals surface area contributed by atoms with Crippen LogP contribution in [0.4, 0.5) is 5.69 Å². The van der Waals surface area contributed by atoms with Crippen LogP contribution in [0.25, 0.3) is 0 Å². The summed E-state index contributed by atoms with van der Waals surface area (Å²) in [6, 6.07) is 12.3. The van der Waals surface area contributed by atoms with Crippen molar-refractivity contribution in [1.82, 2.24) is 4.90 Å². The minimum absolute atomic E-state index is 0.0335. The van der Waals surface area contributed by atoms with Crippen molar-refractivity contribution in [3.8, 4) is 5.75 Å². The number of halogens is 1. The Morgan fingerprint density at radius 1 is 1.29 bits per heavy atom. The van der Waals surface area contributed by atoms with Gasteiger partial charge in [-0.1, -0.05) is 34.1 Å². The second kappa shape index (κ2) is 6.63. The van der Waals surface area contributed by atoms with Crippen LogP contribution in [-0.2, 0) is 6.54 Å². The van der Waals surface area contributed by atoms with E-state index in [0.717, 1.165) is 10.0 Å². The van der Waals surface area contributed by atoms with E-state index in [9.17, 15) is 9.90 Å². The fraction of sp³-hybridized carbons (Fsp3) is 0.188. The van der Waals surface area contributed by atoms with Gasteiger partial charge in [-0.3, -0.25) is 4.79 Å². The Kier molecular flexibility index (Phi) is 4.85. The van der Waals surface area contributed by atoms with Gasteiger partial charge in [-0.05, 0) is 36.8 Å². The molecule has 3 N–H and O–H groups in total. The Balaban J connectivity index is 2.25. The molecule has 0 radical (unpaired) electrons. The van der Waals surface area contributed by atoms with Gasteiger partial charge >= 0.3 is 0 Å². The average molecular weight is 349 g/mol. The predicted octanol–water partition coefficient (Wildman–Crippen LogP) is 3.40. The standard InChI is InChI=1S/C16H17BrN2O2/c1-2-19(10-11-5-3-4-6-14(11)18)16(21)13-8-7-12(17)9-15(13)20/h3-9,20H,2,10,18H2,1H3. The number of para-hydroxylation sites is 1. The molecule has 2 aromatic carbocycles. The summed E-state index contributed by atoms with van der Waals surface area (Å²) in [6.07, 6.45) is 0. The molecule has 0 aliphatic carbocycles. The molecule has 0 saturated carbocycles. The summed E-state index contributed by atoms with van der Waals surface area (Å²) in [5.74, 6) is -0.250. The number of nitrogens with two attached hydrogens (primary N) is 1. The van der Waals surface area contributed by atoms with Crippen molar-refractivity contribution in [2.75, 3.05) is 12.3 Å². The molecule has 5 heteroatoms. The summed E-state index contributed by atoms with van der Waals surface area (Å²) in [6.45, 7) is 2.84. The summed E-state index contributed by atoms with van der Waals surface area (Å²) in [7, 11) is 0. The number of rotatable bonds is 4. The maximum absolute atomic E-state index is 12.5. The lowest BCUT2D eigenvalue weighted by atomic mass is 10.1. The molecule has 0 bridgehead atoms. The van der Waals surface area contributed by atoms with Gasteiger partial charge in [-0.15, -0.1) is 0 Å². The summed E-state index contributed by atoms with van der Waals surface area (Å²) >= 11 is 3.26. The number of phenols is 1. The van der Waals surface area contributed by atoms with Gasteiger partial charge in [0, 0.05) is 23.2 Å². The Bertz CT molecular complexity index is 658. The Morgan fingerprint density at radius 2 is 2.00 bits per heavy atom. The zero-order valence-corrected chi connectivity index (χ0v) is 13.3. The summed E-state index contributed by atoms with van der Waals surface area (Å²) in [4.78, 5) is 14.2. The lowest BCUT2D eigenvalue weighted by molar-refractivity contribution is 0.0750. The zero-order chi connectivity index (χ0) is 15.4. The fourth-order valence-electron chi connectivity index (χ4n) is 2.07. The molecule has 0 aliphatic heterocycles. The van der Waals surface area contributed by atoms with Crippen LogP contribution < -0.4 is 5.73 Å². The number of carbonyl (C=O) groups is 1. The quantitative estimate of drug-likeness (QED) is 0.832. The summed E-state index contributed by atoms with van der Waals surface area (Å²) in [5.41, 5.74) is 7.75. The number of hydrogen-bond acceptors (Lipinski definition) is 3. The van der Waals surface area contributed by atoms with E-state index in [0.29, 0.717) is 18.8 Å². The number of anilines is 1. The van der Waals surface area contributed by atoms with E-state index in [1.54, 1.807) is 17.0 Å². The Hall–Kier alpha value is -2.01. The number of phenolic OH excluding ortho intramolecular Hbond substituents is 1. The third-order valence-electron chi connectivity index (χ3n) is 3.28. The molecule has 0 spiro atoms. The molecule has 110 valence electrons. The highest BCUT2D eigenvalue weighted by Crippen LogP contribution is 2.24. The average Bonchev–Trinajstić information content (AvgIpc) is 2.46. The third-order valence-corrected chi connectivity index (χ3v) is 3.77. The van der Waals surface area contributed by atoms with E-state index >= 15 is 0 Å². The fourth-order valence-corrected chi connectivity index (χ4v) is 2.42. The zero-order valence-electron chi connectivity index (χ0n) is 11.7. The van der Waals surface area contributed by atoms with Crippen molar-refractivity contribution >= 4 is 27.5 Å². The number of carbonyl (C=O) groups excluding carboxylic acids is 1. The van der Waals surface area contributed by atoms with Crippen molar-refractivity contribution in [3.63, 3.8) is 0 Å². The molecule has 2 rings (SSSR count). The van der Waals surface area contributed by atoms with E-state index in [4.69, 9.17) is 5.73 Å². The summed E-state index contributed by atoms with van der Waals surface area (Å²) < 4.78 is 0.729. The third kappa shape index (κ3) is 3.55. The highest BCUT2D eigenvalue weighted by atomic mass is 79.9. The van der Waals surface area contributed by atoms with Crippen LogP contribution in [-0.4, -0.2) is 22.5 Å². The van der Waals surface area contributed by atoms with Gasteiger partial charge in [0.1, 0.15) is 5.75 Å². The van der Waals surface area contributed by atoms with Gasteiger partial charge in [-0.25, -0.2) is 0 Å². The van der Waals surface area contributed by atoms with Crippen LogP contribution in [0.3, 0.4) is 0 Å². The highest BCUT2D eigenvalue weighted by molar-refractivity contribution is 9.10. The second-order valence-corrected chi connectivity index (χ2v) is 5.60. The van der Waals surface area contributed by atoms with Crippen molar-refractivity contribution < 1.29 is 9.90 Å². The number of benzene rings is 2. The van der Waals surface area contributed by atoms with Crippen LogP contribution in [0.5, 0.6) is 5.75 Å². The number of nitrogen functional groups attached to an aromatic ring is 1. The van der Waals surface area contributed by atoms with Crippen molar-refractivity contribution in [1.29, 1.82) is 0 Å². The monoisotopic (exact) mass is 348 g/mol. The molecule has 0 unspecified atom stereocenters. The first-order valence-electron chi connectivity index (χ1n) is 6.64. The molecule has 0 aliphatic rings. The van der Waals surface area contributed by atoms with Gasteiger partial charge in [0.05, 0.1) is 5.56 Å². The lowest BCUT2D eigenvalue weighted by Gasteiger charge is -2.22. The van der Waals surface area contributed by atoms with Crippen molar-refractivity contribution in [2.45, 2.75) is 13.5 Å². The van der Waals surface area contributed by atoms with Crippen molar-refractivity contribution in [3.05, 3.63) is 58.1 Å². The first-order valence-corrected chi connectivity index (χ1v) is 7.43. The van der Waals surface area contributed by atoms with Crippen LogP contribution >= 0.6 is 15.9 Å². The SMILES string of the molecule is CCN(Cc1ccccc1N)C(=O)c1ccc(Br)cc1O. The van der Waals surface area contributed by atoms with Gasteiger partial charge in [0.2, 0.25) is 0 Å². The molecule has 0 fully saturated rings. The summed E-state index contributed by atoms with van der Waals surface area (Å²) in [5, 5.41) is 9.92. The maximum Gasteiger partial charge on any atom is 0.257 e. The van der Waals surface area contributed by atoms with Gasteiger partial charge < -0.3 is 15.7 Å². The second-order valence-electron chi connectivity index (χ2n) is 4.68. The molecule has 0 atom stereocenters. The first-order chi connectivity index (χ1) is 10.0. The van der Waals surface area contributed by atoms with Gasteiger partial charge in [0.25, 0.3) is 5.91 Å². The van der Waals surface area contributed by atoms with E-state index < -0.39 is 0 Å². The maximum atomic E-state index is 12.5. The lowest BCUT2D eigenvalue weighted by Crippen LogP contribution is -2.30. The number of hydrogen-bond donors (Lipinski definition) is 2. The van der Waals surface area contributed by atoms with Crippen molar-refractivity contribution in [2.24, 2.45) is 0 Å². The number of nitrogens with zero attached hydrogens (tertiary/aromatic N) is 1. The topological polar surface area (TPSA) is 66.6 Å². The van der Waals surface area contributed by atoms with E-state index in [-0.39, 0.29) is 17.2 Å². The minimum Gasteiger partial charge on any atom is -0.507 e. The molecule has 2 aromatic rings. The van der Waals surface area contributed by atoms with Gasteiger partial charge in [-0.2, -0.15) is 0 Å². The highest BCUT2D eigenvalue weighted by Gasteiger charge is 2.18. The largest absolute Gasteiger partial charge is 0.507 e. The van der Waals surface area contributed by atoms with Crippen LogP contribution in [0.1, 0.15) is 22.8 Å². The molecule has 21 heavy (non-hydrogen) atoms. The smallest absolute Gasteiger partial charge is 0.257 e. The molecule has 4 nitrogen and oxygen atoms in total. The molecule has 0 aromatic heterocycles.